The summed E-state index contributed by atoms with van der Waals surface area (Å²) in [7, 11) is 2.26. The lowest BCUT2D eigenvalue weighted by atomic mass is 9.89. The predicted octanol–water partition coefficient (Wildman–Crippen LogP) is 6.59. The largest absolute Gasteiger partial charge is 0.494 e. The minimum atomic E-state index is -3.84. The number of aromatic nitrogens is 6. The van der Waals surface area contributed by atoms with E-state index in [1.807, 2.05) is 54.7 Å². The van der Waals surface area contributed by atoms with Crippen LogP contribution in [0.5, 0.6) is 5.75 Å². The molecule has 0 aliphatic carbocycles. The number of carbonyl (C=O) groups is 3. The summed E-state index contributed by atoms with van der Waals surface area (Å²) < 4.78 is 33.0. The third kappa shape index (κ3) is 10.5. The number of piperazine rings is 1. The molecule has 23 heteroatoms. The molecular formula is C47H52BrClN13O7P. The second-order valence-electron chi connectivity index (χ2n) is 17.2. The number of rotatable bonds is 15. The van der Waals surface area contributed by atoms with Gasteiger partial charge < -0.3 is 39.5 Å². The monoisotopic (exact) mass is 1060 g/mol. The topological polar surface area (TPSA) is 223 Å². The molecule has 6 aromatic rings. The molecule has 1 atom stereocenters. The van der Waals surface area contributed by atoms with Crippen LogP contribution in [0.3, 0.4) is 0 Å². The lowest BCUT2D eigenvalue weighted by Crippen LogP contribution is -2.52. The molecule has 20 nitrogen and oxygen atoms in total. The number of methoxy groups -OCH3 is 1. The zero-order chi connectivity index (χ0) is 49.1. The van der Waals surface area contributed by atoms with Crippen LogP contribution < -0.4 is 36.2 Å². The summed E-state index contributed by atoms with van der Waals surface area (Å²) in [5, 5.41) is 17.5. The molecule has 6 heterocycles. The Morgan fingerprint density at radius 3 is 2.39 bits per heavy atom. The Labute approximate surface area is 417 Å². The number of nitrogens with zero attached hydrogens (tertiary/aromatic N) is 9. The number of aryl methyl sites for hydroxylation is 1. The first kappa shape index (κ1) is 48.8. The molecule has 3 aliphatic heterocycles. The lowest BCUT2D eigenvalue weighted by Gasteiger charge is -2.39. The fraction of sp³-hybridized carbons (Fsp3) is 0.362. The maximum Gasteiger partial charge on any atom is 0.365 e. The Bertz CT molecular complexity index is 2990. The molecule has 0 spiro atoms. The van der Waals surface area contributed by atoms with Crippen molar-refractivity contribution in [1.82, 2.24) is 44.8 Å². The fourth-order valence-corrected chi connectivity index (χ4v) is 11.2. The van der Waals surface area contributed by atoms with Crippen molar-refractivity contribution in [2.75, 3.05) is 88.0 Å². The zero-order valence-electron chi connectivity index (χ0n) is 38.9. The molecular weight excluding hydrogens is 1000 g/mol. The van der Waals surface area contributed by atoms with Gasteiger partial charge in [-0.25, -0.2) is 4.98 Å². The molecule has 1 unspecified atom stereocenters. The van der Waals surface area contributed by atoms with Crippen molar-refractivity contribution in [3.8, 4) is 16.9 Å². The van der Waals surface area contributed by atoms with Gasteiger partial charge in [0.1, 0.15) is 28.4 Å². The molecule has 3 amide bonds. The van der Waals surface area contributed by atoms with Gasteiger partial charge in [-0.1, -0.05) is 17.7 Å². The number of nitrogens with one attached hydrogen (secondary N) is 4. The Morgan fingerprint density at radius 2 is 1.69 bits per heavy atom. The van der Waals surface area contributed by atoms with Crippen molar-refractivity contribution in [3.63, 3.8) is 0 Å². The van der Waals surface area contributed by atoms with Crippen LogP contribution in [-0.2, 0) is 35.0 Å². The highest BCUT2D eigenvalue weighted by Crippen LogP contribution is 2.49. The number of halogens is 2. The number of carbonyl (C=O) groups excluding carboxylic acids is 3. The summed E-state index contributed by atoms with van der Waals surface area (Å²) in [5.74, 6) is 0.919. The molecule has 3 fully saturated rings. The van der Waals surface area contributed by atoms with Crippen LogP contribution in [0, 0.1) is 0 Å². The summed E-state index contributed by atoms with van der Waals surface area (Å²) in [5.41, 5.74) is 6.36. The van der Waals surface area contributed by atoms with Crippen molar-refractivity contribution in [2.24, 2.45) is 7.05 Å². The summed E-state index contributed by atoms with van der Waals surface area (Å²) in [6, 6.07) is 12.7. The molecule has 0 radical (unpaired) electrons. The molecule has 3 saturated heterocycles. The SMILES string of the molecule is COc1cc(N2CCN(C(=O)CN3CCC(c4ccc(NC5CCC(=O)NC5=O)cc4Cl)CC3)CC2)c(-c2cnn(C)c2)cc1Nc1ncc(Br)c(Nc2ccc3nccnc3c2P(=O)(OC)OC)n1. The quantitative estimate of drug-likeness (QED) is 0.0629. The van der Waals surface area contributed by atoms with Crippen molar-refractivity contribution in [3.05, 3.63) is 88.5 Å². The second kappa shape index (κ2) is 21.0. The van der Waals surface area contributed by atoms with Gasteiger partial charge in [-0.05, 0) is 90.1 Å². The van der Waals surface area contributed by atoms with Crippen molar-refractivity contribution in [2.45, 2.75) is 37.6 Å². The molecule has 4 N–H and O–H groups in total. The van der Waals surface area contributed by atoms with Crippen molar-refractivity contribution < 1.29 is 32.7 Å². The van der Waals surface area contributed by atoms with Gasteiger partial charge in [0.25, 0.3) is 0 Å². The first-order chi connectivity index (χ1) is 33.8. The predicted molar refractivity (Wildman–Crippen MR) is 271 cm³/mol. The number of fused-ring (bicyclic) bond motifs is 1. The van der Waals surface area contributed by atoms with Crippen molar-refractivity contribution in [1.29, 1.82) is 0 Å². The normalized spacial score (nSPS) is 17.1. The minimum absolute atomic E-state index is 0.102. The number of hydrogen-bond acceptors (Lipinski definition) is 17. The van der Waals surface area contributed by atoms with E-state index in [-0.39, 0.29) is 34.9 Å². The summed E-state index contributed by atoms with van der Waals surface area (Å²) in [6.07, 6.45) is 10.9. The van der Waals surface area contributed by atoms with Crippen LogP contribution in [-0.4, -0.2) is 130 Å². The van der Waals surface area contributed by atoms with Gasteiger partial charge in [0, 0.05) is 112 Å². The van der Waals surface area contributed by atoms with Gasteiger partial charge in [-0.3, -0.25) is 43.8 Å². The average molecular weight is 1060 g/mol. The molecule has 3 aromatic heterocycles. The van der Waals surface area contributed by atoms with E-state index in [1.165, 1.54) is 20.4 Å². The highest BCUT2D eigenvalue weighted by Gasteiger charge is 2.33. The Morgan fingerprint density at radius 1 is 0.914 bits per heavy atom. The van der Waals surface area contributed by atoms with E-state index < -0.39 is 13.6 Å². The lowest BCUT2D eigenvalue weighted by molar-refractivity contribution is -0.134. The van der Waals surface area contributed by atoms with E-state index in [2.05, 4.69) is 67.0 Å². The molecule has 70 heavy (non-hydrogen) atoms. The van der Waals surface area contributed by atoms with Gasteiger partial charge in [0.05, 0.1) is 41.2 Å². The number of ether oxygens (including phenoxy) is 1. The van der Waals surface area contributed by atoms with Crippen molar-refractivity contribution >= 4 is 104 Å². The molecule has 9 rings (SSSR count). The maximum atomic E-state index is 13.9. The van der Waals surface area contributed by atoms with E-state index in [1.54, 1.807) is 36.3 Å². The highest BCUT2D eigenvalue weighted by molar-refractivity contribution is 9.10. The van der Waals surface area contributed by atoms with Crippen LogP contribution in [0.25, 0.3) is 22.2 Å². The van der Waals surface area contributed by atoms with E-state index in [9.17, 15) is 18.9 Å². The number of likely N-dealkylation sites (tertiary alicyclic amines) is 1. The van der Waals surface area contributed by atoms with Crippen LogP contribution in [0.2, 0.25) is 5.02 Å². The first-order valence-corrected chi connectivity index (χ1v) is 25.4. The number of benzene rings is 3. The molecule has 366 valence electrons. The smallest absolute Gasteiger partial charge is 0.365 e. The Kier molecular flexibility index (Phi) is 14.6. The standard InChI is InChI=1S/C47H52BrClN13O7P/c1-59-26-29(24-53-59)32-22-38(56-47-52-25-33(48)45(58-47)55-36-8-7-35-43(51-14-13-50-35)44(36)70(66,68-3)69-4)40(67-2)23-39(32)61-17-19-62(20-18-61)42(64)27-60-15-11-28(12-16-60)31-6-5-30(21-34(31)49)54-37-9-10-41(63)57-46(37)65/h5-8,13-14,21-26,28,37,54H,9-12,15-20,27H2,1-4H3,(H,57,63,65)(H2,52,55,56,58). The van der Waals surface area contributed by atoms with E-state index in [0.717, 1.165) is 54.0 Å². The summed E-state index contributed by atoms with van der Waals surface area (Å²) in [4.78, 5) is 62.1. The summed E-state index contributed by atoms with van der Waals surface area (Å²) >= 11 is 10.3. The highest BCUT2D eigenvalue weighted by atomic mass is 79.9. The second-order valence-corrected chi connectivity index (χ2v) is 20.6. The number of hydrogen-bond donors (Lipinski definition) is 4. The third-order valence-corrected chi connectivity index (χ3v) is 15.8. The van der Waals surface area contributed by atoms with Gasteiger partial charge in [0.2, 0.25) is 23.7 Å². The first-order valence-electron chi connectivity index (χ1n) is 22.7. The number of piperidine rings is 2. The van der Waals surface area contributed by atoms with Crippen LogP contribution in [0.4, 0.5) is 34.5 Å². The Balaban J connectivity index is 0.856. The Hall–Kier alpha value is -6.22. The fourth-order valence-electron chi connectivity index (χ4n) is 9.18. The number of amides is 3. The van der Waals surface area contributed by atoms with Crippen LogP contribution in [0.1, 0.15) is 37.2 Å². The van der Waals surface area contributed by atoms with E-state index >= 15 is 0 Å². The maximum absolute atomic E-state index is 13.9. The number of anilines is 6. The van der Waals surface area contributed by atoms with Crippen LogP contribution in [0.15, 0.2) is 77.9 Å². The van der Waals surface area contributed by atoms with Gasteiger partial charge >= 0.3 is 7.60 Å². The number of imide groups is 1. The van der Waals surface area contributed by atoms with Crippen LogP contribution >= 0.6 is 35.1 Å². The van der Waals surface area contributed by atoms with Gasteiger partial charge in [0.15, 0.2) is 0 Å². The van der Waals surface area contributed by atoms with E-state index in [4.69, 9.17) is 30.4 Å². The average Bonchev–Trinajstić information content (AvgIpc) is 3.81. The van der Waals surface area contributed by atoms with Gasteiger partial charge in [-0.2, -0.15) is 10.1 Å². The minimum Gasteiger partial charge on any atom is -0.494 e. The molecule has 0 saturated carbocycles. The molecule has 0 bridgehead atoms. The zero-order valence-corrected chi connectivity index (χ0v) is 42.2. The summed E-state index contributed by atoms with van der Waals surface area (Å²) in [6.45, 7) is 4.21. The third-order valence-electron chi connectivity index (χ3n) is 12.9. The van der Waals surface area contributed by atoms with E-state index in [0.29, 0.717) is 89.0 Å². The molecule has 3 aliphatic rings. The molecule has 3 aromatic carbocycles. The van der Waals surface area contributed by atoms with Gasteiger partial charge in [-0.15, -0.1) is 0 Å².